The van der Waals surface area contributed by atoms with E-state index in [0.717, 1.165) is 53.7 Å². The summed E-state index contributed by atoms with van der Waals surface area (Å²) in [6.45, 7) is 3.01. The summed E-state index contributed by atoms with van der Waals surface area (Å²) in [7, 11) is 0. The van der Waals surface area contributed by atoms with Crippen molar-refractivity contribution in [2.45, 2.75) is 19.8 Å². The first-order valence-electron chi connectivity index (χ1n) is 7.04. The Labute approximate surface area is 118 Å². The number of hydrogen-bond donors (Lipinski definition) is 0. The first-order valence-corrected chi connectivity index (χ1v) is 7.04. The lowest BCUT2D eigenvalue weighted by Crippen LogP contribution is -2.27. The molecule has 3 nitrogen and oxygen atoms in total. The molecule has 0 saturated carbocycles. The van der Waals surface area contributed by atoms with Crippen LogP contribution in [0.15, 0.2) is 47.5 Å². The average molecular weight is 264 g/mol. The van der Waals surface area contributed by atoms with Gasteiger partial charge in [0.25, 0.3) is 0 Å². The molecule has 0 bridgehead atoms. The van der Waals surface area contributed by atoms with Crippen molar-refractivity contribution >= 4 is 17.2 Å². The van der Waals surface area contributed by atoms with Crippen LogP contribution in [0.2, 0.25) is 0 Å². The molecule has 100 valence electrons. The molecule has 3 heteroatoms. The zero-order chi connectivity index (χ0) is 13.5. The summed E-state index contributed by atoms with van der Waals surface area (Å²) in [5, 5.41) is 0. The van der Waals surface area contributed by atoms with E-state index in [1.165, 1.54) is 0 Å². The predicted octanol–water partition coefficient (Wildman–Crippen LogP) is 4.43. The minimum atomic E-state index is 0.906. The van der Waals surface area contributed by atoms with Crippen LogP contribution < -0.4 is 9.64 Å². The van der Waals surface area contributed by atoms with Gasteiger partial charge in [-0.3, -0.25) is 9.89 Å². The van der Waals surface area contributed by atoms with Crippen LogP contribution in [-0.2, 0) is 0 Å². The van der Waals surface area contributed by atoms with Gasteiger partial charge in [0.2, 0.25) is 0 Å². The van der Waals surface area contributed by atoms with Gasteiger partial charge in [-0.25, -0.2) is 0 Å². The van der Waals surface area contributed by atoms with E-state index >= 15 is 0 Å². The molecule has 0 unspecified atom stereocenters. The summed E-state index contributed by atoms with van der Waals surface area (Å²) < 4.78 is 6.10. The van der Waals surface area contributed by atoms with Gasteiger partial charge in [0.15, 0.2) is 11.5 Å². The number of anilines is 2. The Morgan fingerprint density at radius 2 is 1.90 bits per heavy atom. The number of benzene rings is 2. The number of fused-ring (bicyclic) bond motifs is 2. The van der Waals surface area contributed by atoms with E-state index in [9.17, 15) is 0 Å². The normalized spacial score (nSPS) is 16.2. The first-order chi connectivity index (χ1) is 9.84. The fourth-order valence-electron chi connectivity index (χ4n) is 2.90. The third-order valence-electron chi connectivity index (χ3n) is 3.86. The number of hydrogen-bond acceptors (Lipinski definition) is 3. The van der Waals surface area contributed by atoms with E-state index in [2.05, 4.69) is 41.1 Å². The van der Waals surface area contributed by atoms with Crippen LogP contribution in [0.3, 0.4) is 0 Å². The molecule has 2 aromatic rings. The largest absolute Gasteiger partial charge is 0.453 e. The van der Waals surface area contributed by atoms with Gasteiger partial charge in [-0.1, -0.05) is 24.3 Å². The smallest absolute Gasteiger partial charge is 0.154 e. The molecule has 20 heavy (non-hydrogen) atoms. The third-order valence-corrected chi connectivity index (χ3v) is 3.86. The van der Waals surface area contributed by atoms with E-state index in [1.54, 1.807) is 0 Å². The molecule has 2 aliphatic rings. The number of rotatable bonds is 0. The second-order valence-electron chi connectivity index (χ2n) is 5.23. The van der Waals surface area contributed by atoms with Crippen LogP contribution >= 0.6 is 0 Å². The number of para-hydroxylation sites is 3. The lowest BCUT2D eigenvalue weighted by Gasteiger charge is -2.33. The Bertz CT molecular complexity index is 706. The molecule has 4 rings (SSSR count). The molecule has 0 fully saturated rings. The van der Waals surface area contributed by atoms with E-state index in [1.807, 2.05) is 18.2 Å². The van der Waals surface area contributed by atoms with Crippen molar-refractivity contribution < 1.29 is 4.74 Å². The number of amidine groups is 1. The van der Waals surface area contributed by atoms with Gasteiger partial charge in [-0.05, 0) is 37.1 Å². The van der Waals surface area contributed by atoms with Crippen LogP contribution in [0.1, 0.15) is 18.4 Å². The summed E-state index contributed by atoms with van der Waals surface area (Å²) in [6.07, 6.45) is 2.16. The molecule has 0 aliphatic carbocycles. The minimum absolute atomic E-state index is 0.906. The summed E-state index contributed by atoms with van der Waals surface area (Å²) in [5.41, 5.74) is 3.34. The number of ether oxygens (including phenoxy) is 1. The maximum atomic E-state index is 6.10. The Hall–Kier alpha value is -2.29. The summed E-state index contributed by atoms with van der Waals surface area (Å²) in [5.74, 6) is 3.00. The molecule has 0 atom stereocenters. The van der Waals surface area contributed by atoms with Gasteiger partial charge in [0, 0.05) is 13.0 Å². The van der Waals surface area contributed by atoms with E-state index in [-0.39, 0.29) is 0 Å². The molecule has 2 aromatic carbocycles. The highest BCUT2D eigenvalue weighted by atomic mass is 16.5. The van der Waals surface area contributed by atoms with Crippen LogP contribution in [0.4, 0.5) is 11.4 Å². The Balaban J connectivity index is 1.95. The molecule has 2 heterocycles. The average Bonchev–Trinajstić information content (AvgIpc) is 2.99. The second kappa shape index (κ2) is 4.37. The lowest BCUT2D eigenvalue weighted by atomic mass is 10.1. The van der Waals surface area contributed by atoms with Crippen molar-refractivity contribution in [3.8, 4) is 11.5 Å². The molecule has 0 saturated heterocycles. The van der Waals surface area contributed by atoms with Crippen LogP contribution in [0.5, 0.6) is 11.5 Å². The summed E-state index contributed by atoms with van der Waals surface area (Å²) in [6, 6.07) is 14.4. The standard InChI is InChI=1S/C17H16N2O/c1-12-6-4-8-14-17(12)20-15-9-3-2-7-13(15)19(14)16-10-5-11-18-16/h2-4,6-9H,5,10-11H2,1H3. The molecular weight excluding hydrogens is 248 g/mol. The SMILES string of the molecule is Cc1cccc2c1Oc1ccccc1N2C1=NCCC1. The van der Waals surface area contributed by atoms with Crippen LogP contribution in [0, 0.1) is 6.92 Å². The fraction of sp³-hybridized carbons (Fsp3) is 0.235. The van der Waals surface area contributed by atoms with Crippen molar-refractivity contribution in [2.75, 3.05) is 11.4 Å². The van der Waals surface area contributed by atoms with Crippen molar-refractivity contribution in [3.63, 3.8) is 0 Å². The number of nitrogens with zero attached hydrogens (tertiary/aromatic N) is 2. The van der Waals surface area contributed by atoms with Gasteiger partial charge in [-0.2, -0.15) is 0 Å². The lowest BCUT2D eigenvalue weighted by molar-refractivity contribution is 0.474. The zero-order valence-electron chi connectivity index (χ0n) is 11.5. The molecule has 0 amide bonds. The molecule has 0 N–H and O–H groups in total. The zero-order valence-corrected chi connectivity index (χ0v) is 11.5. The minimum Gasteiger partial charge on any atom is -0.453 e. The molecule has 0 aromatic heterocycles. The van der Waals surface area contributed by atoms with Gasteiger partial charge in [0.05, 0.1) is 11.4 Å². The Morgan fingerprint density at radius 1 is 1.05 bits per heavy atom. The highest BCUT2D eigenvalue weighted by molar-refractivity contribution is 6.08. The second-order valence-corrected chi connectivity index (χ2v) is 5.23. The maximum Gasteiger partial charge on any atom is 0.154 e. The monoisotopic (exact) mass is 264 g/mol. The first kappa shape index (κ1) is 11.5. The van der Waals surface area contributed by atoms with Gasteiger partial charge in [-0.15, -0.1) is 0 Å². The van der Waals surface area contributed by atoms with Gasteiger partial charge >= 0.3 is 0 Å². The van der Waals surface area contributed by atoms with Crippen LogP contribution in [0.25, 0.3) is 0 Å². The van der Waals surface area contributed by atoms with Crippen molar-refractivity contribution in [1.29, 1.82) is 0 Å². The predicted molar refractivity (Wildman–Crippen MR) is 81.4 cm³/mol. The van der Waals surface area contributed by atoms with Crippen molar-refractivity contribution in [1.82, 2.24) is 0 Å². The van der Waals surface area contributed by atoms with Gasteiger partial charge < -0.3 is 4.74 Å². The topological polar surface area (TPSA) is 24.8 Å². The van der Waals surface area contributed by atoms with E-state index in [4.69, 9.17) is 4.74 Å². The highest BCUT2D eigenvalue weighted by Gasteiger charge is 2.29. The Morgan fingerprint density at radius 3 is 2.75 bits per heavy atom. The third kappa shape index (κ3) is 1.63. The van der Waals surface area contributed by atoms with E-state index < -0.39 is 0 Å². The quantitative estimate of drug-likeness (QED) is 0.703. The fourth-order valence-corrected chi connectivity index (χ4v) is 2.90. The van der Waals surface area contributed by atoms with Crippen molar-refractivity contribution in [2.24, 2.45) is 4.99 Å². The summed E-state index contributed by atoms with van der Waals surface area (Å²) in [4.78, 5) is 6.93. The van der Waals surface area contributed by atoms with Crippen LogP contribution in [-0.4, -0.2) is 12.4 Å². The molecular formula is C17H16N2O. The van der Waals surface area contributed by atoms with Gasteiger partial charge in [0.1, 0.15) is 5.84 Å². The number of aliphatic imine (C=N–C) groups is 1. The van der Waals surface area contributed by atoms with Crippen molar-refractivity contribution in [3.05, 3.63) is 48.0 Å². The number of aryl methyl sites for hydroxylation is 1. The molecule has 0 spiro atoms. The molecule has 0 radical (unpaired) electrons. The summed E-state index contributed by atoms with van der Waals surface area (Å²) >= 11 is 0. The van der Waals surface area contributed by atoms with E-state index in [0.29, 0.717) is 0 Å². The molecule has 2 aliphatic heterocycles. The Kier molecular flexibility index (Phi) is 2.52. The maximum absolute atomic E-state index is 6.10. The highest BCUT2D eigenvalue weighted by Crippen LogP contribution is 2.48.